The van der Waals surface area contributed by atoms with Crippen molar-refractivity contribution in [1.29, 1.82) is 0 Å². The Labute approximate surface area is 92.2 Å². The molecule has 0 aliphatic rings. The predicted molar refractivity (Wildman–Crippen MR) is 57.8 cm³/mol. The van der Waals surface area contributed by atoms with Crippen molar-refractivity contribution >= 4 is 5.97 Å². The van der Waals surface area contributed by atoms with Crippen molar-refractivity contribution < 1.29 is 9.90 Å². The molecule has 0 amide bonds. The zero-order chi connectivity index (χ0) is 11.4. The van der Waals surface area contributed by atoms with Crippen LogP contribution in [-0.2, 0) is 11.2 Å². The number of aromatic amines is 1. The van der Waals surface area contributed by atoms with Gasteiger partial charge in [0.25, 0.3) is 0 Å². The van der Waals surface area contributed by atoms with Crippen LogP contribution in [0.3, 0.4) is 0 Å². The minimum absolute atomic E-state index is 0.0946. The third kappa shape index (κ3) is 2.44. The summed E-state index contributed by atoms with van der Waals surface area (Å²) in [6.45, 7) is 0. The largest absolute Gasteiger partial charge is 0.481 e. The maximum Gasteiger partial charge on any atom is 0.303 e. The summed E-state index contributed by atoms with van der Waals surface area (Å²) in [4.78, 5) is 14.4. The fourth-order valence-electron chi connectivity index (χ4n) is 1.40. The first-order valence-corrected chi connectivity index (χ1v) is 4.92. The zero-order valence-corrected chi connectivity index (χ0v) is 8.55. The highest BCUT2D eigenvalue weighted by Gasteiger charge is 2.05. The van der Waals surface area contributed by atoms with E-state index in [0.717, 1.165) is 17.0 Å². The van der Waals surface area contributed by atoms with E-state index >= 15 is 0 Å². The van der Waals surface area contributed by atoms with E-state index in [0.29, 0.717) is 6.42 Å². The lowest BCUT2D eigenvalue weighted by Gasteiger charge is -1.93. The van der Waals surface area contributed by atoms with Crippen LogP contribution in [0.15, 0.2) is 30.6 Å². The molecule has 0 atom stereocenters. The molecule has 82 valence electrons. The minimum atomic E-state index is -0.814. The molecule has 0 aromatic carbocycles. The first-order valence-electron chi connectivity index (χ1n) is 4.92. The van der Waals surface area contributed by atoms with Gasteiger partial charge in [0.2, 0.25) is 0 Å². The summed E-state index contributed by atoms with van der Waals surface area (Å²) in [5, 5.41) is 15.5. The standard InChI is InChI=1S/C11H11N3O2/c15-11(16)4-3-9-6-10(14-13-9)8-2-1-5-12-7-8/h1-2,5-7H,3-4H2,(H,13,14)(H,15,16). The molecule has 0 aliphatic heterocycles. The lowest BCUT2D eigenvalue weighted by molar-refractivity contribution is -0.136. The SMILES string of the molecule is O=C(O)CCc1cc(-c2cccnc2)[nH]n1. The lowest BCUT2D eigenvalue weighted by Crippen LogP contribution is -1.97. The summed E-state index contributed by atoms with van der Waals surface area (Å²) in [6, 6.07) is 5.61. The second-order valence-corrected chi connectivity index (χ2v) is 3.41. The van der Waals surface area contributed by atoms with E-state index in [1.54, 1.807) is 12.4 Å². The van der Waals surface area contributed by atoms with Crippen molar-refractivity contribution in [1.82, 2.24) is 15.2 Å². The topological polar surface area (TPSA) is 78.9 Å². The average Bonchev–Trinajstić information content (AvgIpc) is 2.76. The molecule has 0 bridgehead atoms. The van der Waals surface area contributed by atoms with Crippen LogP contribution in [0.4, 0.5) is 0 Å². The van der Waals surface area contributed by atoms with Crippen LogP contribution >= 0.6 is 0 Å². The summed E-state index contributed by atoms with van der Waals surface area (Å²) < 4.78 is 0. The van der Waals surface area contributed by atoms with Gasteiger partial charge in [0.15, 0.2) is 0 Å². The Morgan fingerprint density at radius 3 is 3.06 bits per heavy atom. The van der Waals surface area contributed by atoms with Gasteiger partial charge in [-0.05, 0) is 18.2 Å². The number of aromatic nitrogens is 3. The van der Waals surface area contributed by atoms with E-state index in [4.69, 9.17) is 5.11 Å². The van der Waals surface area contributed by atoms with Crippen LogP contribution in [0.5, 0.6) is 0 Å². The van der Waals surface area contributed by atoms with Crippen LogP contribution in [0.25, 0.3) is 11.3 Å². The number of carbonyl (C=O) groups is 1. The molecule has 0 aliphatic carbocycles. The Bertz CT molecular complexity index is 479. The minimum Gasteiger partial charge on any atom is -0.481 e. The highest BCUT2D eigenvalue weighted by molar-refractivity contribution is 5.67. The molecule has 2 aromatic rings. The van der Waals surface area contributed by atoms with Crippen molar-refractivity contribution in [3.8, 4) is 11.3 Å². The third-order valence-corrected chi connectivity index (χ3v) is 2.20. The van der Waals surface area contributed by atoms with Crippen molar-refractivity contribution in [3.63, 3.8) is 0 Å². The molecule has 5 nitrogen and oxygen atoms in total. The summed E-state index contributed by atoms with van der Waals surface area (Å²) in [5.74, 6) is -0.814. The van der Waals surface area contributed by atoms with E-state index in [1.165, 1.54) is 0 Å². The van der Waals surface area contributed by atoms with Crippen LogP contribution in [0.1, 0.15) is 12.1 Å². The molecular formula is C11H11N3O2. The molecular weight excluding hydrogens is 206 g/mol. The number of H-pyrrole nitrogens is 1. The van der Waals surface area contributed by atoms with Crippen molar-refractivity contribution in [2.75, 3.05) is 0 Å². The molecule has 0 unspecified atom stereocenters. The number of pyridine rings is 1. The summed E-state index contributed by atoms with van der Waals surface area (Å²) in [5.41, 5.74) is 2.55. The van der Waals surface area contributed by atoms with E-state index in [9.17, 15) is 4.79 Å². The molecule has 2 N–H and O–H groups in total. The van der Waals surface area contributed by atoms with Crippen LogP contribution in [0.2, 0.25) is 0 Å². The normalized spacial score (nSPS) is 10.2. The first-order chi connectivity index (χ1) is 7.75. The number of carboxylic acids is 1. The van der Waals surface area contributed by atoms with Crippen LogP contribution < -0.4 is 0 Å². The molecule has 0 spiro atoms. The van der Waals surface area contributed by atoms with Gasteiger partial charge < -0.3 is 5.11 Å². The Balaban J connectivity index is 2.11. The number of nitrogens with zero attached hydrogens (tertiary/aromatic N) is 2. The lowest BCUT2D eigenvalue weighted by atomic mass is 10.2. The highest BCUT2D eigenvalue weighted by Crippen LogP contribution is 2.16. The van der Waals surface area contributed by atoms with Gasteiger partial charge >= 0.3 is 5.97 Å². The molecule has 0 saturated carbocycles. The van der Waals surface area contributed by atoms with Gasteiger partial charge in [-0.25, -0.2) is 0 Å². The molecule has 16 heavy (non-hydrogen) atoms. The fraction of sp³-hybridized carbons (Fsp3) is 0.182. The summed E-state index contributed by atoms with van der Waals surface area (Å²) in [7, 11) is 0. The Hall–Kier alpha value is -2.17. The second kappa shape index (κ2) is 4.57. The Morgan fingerprint density at radius 1 is 1.50 bits per heavy atom. The maximum absolute atomic E-state index is 10.4. The number of carboxylic acid groups (broad SMARTS) is 1. The zero-order valence-electron chi connectivity index (χ0n) is 8.55. The van der Waals surface area contributed by atoms with E-state index < -0.39 is 5.97 Å². The number of nitrogens with one attached hydrogen (secondary N) is 1. The van der Waals surface area contributed by atoms with Crippen LogP contribution in [0, 0.1) is 0 Å². The Morgan fingerprint density at radius 2 is 2.38 bits per heavy atom. The number of aryl methyl sites for hydroxylation is 1. The molecule has 2 heterocycles. The van der Waals surface area contributed by atoms with E-state index in [1.807, 2.05) is 18.2 Å². The third-order valence-electron chi connectivity index (χ3n) is 2.20. The van der Waals surface area contributed by atoms with Gasteiger partial charge in [0, 0.05) is 24.4 Å². The average molecular weight is 217 g/mol. The highest BCUT2D eigenvalue weighted by atomic mass is 16.4. The number of rotatable bonds is 4. The number of aliphatic carboxylic acids is 1. The molecule has 2 aromatic heterocycles. The number of hydrogen-bond acceptors (Lipinski definition) is 3. The summed E-state index contributed by atoms with van der Waals surface area (Å²) in [6.07, 6.45) is 3.96. The molecule has 0 radical (unpaired) electrons. The van der Waals surface area contributed by atoms with Gasteiger partial charge in [-0.3, -0.25) is 14.9 Å². The maximum atomic E-state index is 10.4. The predicted octanol–water partition coefficient (Wildman–Crippen LogP) is 1.49. The monoisotopic (exact) mass is 217 g/mol. The van der Waals surface area contributed by atoms with Gasteiger partial charge in [-0.1, -0.05) is 0 Å². The second-order valence-electron chi connectivity index (χ2n) is 3.41. The van der Waals surface area contributed by atoms with E-state index in [-0.39, 0.29) is 6.42 Å². The molecule has 2 rings (SSSR count). The first kappa shape index (κ1) is 10.4. The smallest absolute Gasteiger partial charge is 0.303 e. The molecule has 0 saturated heterocycles. The summed E-state index contributed by atoms with van der Waals surface area (Å²) >= 11 is 0. The van der Waals surface area contributed by atoms with Gasteiger partial charge in [0.05, 0.1) is 17.8 Å². The molecule has 0 fully saturated rings. The number of hydrogen-bond donors (Lipinski definition) is 2. The quantitative estimate of drug-likeness (QED) is 0.813. The van der Waals surface area contributed by atoms with Crippen molar-refractivity contribution in [3.05, 3.63) is 36.3 Å². The van der Waals surface area contributed by atoms with Crippen molar-refractivity contribution in [2.45, 2.75) is 12.8 Å². The van der Waals surface area contributed by atoms with Crippen LogP contribution in [-0.4, -0.2) is 26.3 Å². The fourth-order valence-corrected chi connectivity index (χ4v) is 1.40. The van der Waals surface area contributed by atoms with Crippen molar-refractivity contribution in [2.24, 2.45) is 0 Å². The molecule has 5 heteroatoms. The van der Waals surface area contributed by atoms with E-state index in [2.05, 4.69) is 15.2 Å². The van der Waals surface area contributed by atoms with Gasteiger partial charge in [-0.2, -0.15) is 5.10 Å². The Kier molecular flexibility index (Phi) is 2.95. The van der Waals surface area contributed by atoms with Gasteiger partial charge in [-0.15, -0.1) is 0 Å². The van der Waals surface area contributed by atoms with Gasteiger partial charge in [0.1, 0.15) is 0 Å².